The Balaban J connectivity index is 2.46. The van der Waals surface area contributed by atoms with Crippen LogP contribution in [-0.4, -0.2) is 31.6 Å². The number of aromatic nitrogens is 1. The van der Waals surface area contributed by atoms with Gasteiger partial charge in [0.1, 0.15) is 6.61 Å². The van der Waals surface area contributed by atoms with Gasteiger partial charge in [-0.2, -0.15) is 0 Å². The minimum Gasteiger partial charge on any atom is -0.475 e. The van der Waals surface area contributed by atoms with Crippen LogP contribution in [0.15, 0.2) is 23.2 Å². The normalized spacial score (nSPS) is 10.0. The molecular weight excluding hydrogens is 186 g/mol. The molecule has 0 bridgehead atoms. The van der Waals surface area contributed by atoms with E-state index >= 15 is 0 Å². The fourth-order valence-electron chi connectivity index (χ4n) is 0.827. The molecule has 1 heterocycles. The molecule has 3 nitrogen and oxygen atoms in total. The first-order chi connectivity index (χ1) is 6.36. The summed E-state index contributed by atoms with van der Waals surface area (Å²) in [7, 11) is 1.65. The van der Waals surface area contributed by atoms with Crippen LogP contribution in [0.1, 0.15) is 0 Å². The molecule has 0 N–H and O–H groups in total. The van der Waals surface area contributed by atoms with E-state index in [9.17, 15) is 0 Å². The van der Waals surface area contributed by atoms with Crippen LogP contribution in [-0.2, 0) is 4.74 Å². The van der Waals surface area contributed by atoms with Gasteiger partial charge in [-0.1, -0.05) is 0 Å². The van der Waals surface area contributed by atoms with E-state index in [0.717, 1.165) is 4.90 Å². The predicted molar refractivity (Wildman–Crippen MR) is 53.4 cm³/mol. The van der Waals surface area contributed by atoms with Crippen LogP contribution in [0.2, 0.25) is 0 Å². The number of thioether (sulfide) groups is 1. The smallest absolute Gasteiger partial charge is 0.214 e. The molecule has 0 atom stereocenters. The summed E-state index contributed by atoms with van der Waals surface area (Å²) in [5.74, 6) is 0.656. The van der Waals surface area contributed by atoms with Crippen LogP contribution in [0.3, 0.4) is 0 Å². The van der Waals surface area contributed by atoms with Gasteiger partial charge in [0.15, 0.2) is 0 Å². The maximum Gasteiger partial charge on any atom is 0.214 e. The molecule has 1 aromatic rings. The SMILES string of the molecule is COCCOc1cc(SC)ccn1. The van der Waals surface area contributed by atoms with Crippen molar-refractivity contribution in [3.8, 4) is 5.88 Å². The van der Waals surface area contributed by atoms with Crippen molar-refractivity contribution >= 4 is 11.8 Å². The number of rotatable bonds is 5. The van der Waals surface area contributed by atoms with E-state index in [0.29, 0.717) is 19.1 Å². The molecule has 0 aliphatic carbocycles. The Hall–Kier alpha value is -0.740. The lowest BCUT2D eigenvalue weighted by atomic mass is 10.5. The van der Waals surface area contributed by atoms with Crippen molar-refractivity contribution in [1.29, 1.82) is 0 Å². The first kappa shape index (κ1) is 10.3. The van der Waals surface area contributed by atoms with Gasteiger partial charge in [0.25, 0.3) is 0 Å². The highest BCUT2D eigenvalue weighted by atomic mass is 32.2. The molecule has 0 saturated carbocycles. The lowest BCUT2D eigenvalue weighted by molar-refractivity contribution is 0.143. The summed E-state index contributed by atoms with van der Waals surface area (Å²) in [6, 6.07) is 3.87. The second kappa shape index (κ2) is 5.83. The predicted octanol–water partition coefficient (Wildman–Crippen LogP) is 1.83. The average Bonchev–Trinajstić information content (AvgIpc) is 2.19. The minimum atomic E-state index is 0.543. The van der Waals surface area contributed by atoms with Gasteiger partial charge < -0.3 is 9.47 Å². The van der Waals surface area contributed by atoms with Crippen molar-refractivity contribution in [3.05, 3.63) is 18.3 Å². The molecule has 0 unspecified atom stereocenters. The van der Waals surface area contributed by atoms with Crippen LogP contribution in [0.25, 0.3) is 0 Å². The molecule has 0 saturated heterocycles. The highest BCUT2D eigenvalue weighted by molar-refractivity contribution is 7.98. The highest BCUT2D eigenvalue weighted by Crippen LogP contribution is 2.17. The van der Waals surface area contributed by atoms with Gasteiger partial charge in [-0.15, -0.1) is 11.8 Å². The highest BCUT2D eigenvalue weighted by Gasteiger charge is 1.96. The van der Waals surface area contributed by atoms with E-state index in [-0.39, 0.29) is 0 Å². The van der Waals surface area contributed by atoms with Gasteiger partial charge in [-0.05, 0) is 12.3 Å². The number of nitrogens with zero attached hydrogens (tertiary/aromatic N) is 1. The molecule has 0 aliphatic rings. The summed E-state index contributed by atoms with van der Waals surface area (Å²) in [5, 5.41) is 0. The van der Waals surface area contributed by atoms with Crippen molar-refractivity contribution in [1.82, 2.24) is 4.98 Å². The lowest BCUT2D eigenvalue weighted by Crippen LogP contribution is -2.05. The largest absolute Gasteiger partial charge is 0.475 e. The topological polar surface area (TPSA) is 31.4 Å². The third kappa shape index (κ3) is 3.65. The molecule has 0 amide bonds. The van der Waals surface area contributed by atoms with Gasteiger partial charge in [0.05, 0.1) is 6.61 Å². The molecular formula is C9H13NO2S. The van der Waals surface area contributed by atoms with Crippen molar-refractivity contribution in [3.63, 3.8) is 0 Å². The van der Waals surface area contributed by atoms with E-state index in [4.69, 9.17) is 9.47 Å². The zero-order chi connectivity index (χ0) is 9.52. The number of hydrogen-bond donors (Lipinski definition) is 0. The maximum absolute atomic E-state index is 5.34. The summed E-state index contributed by atoms with van der Waals surface area (Å²) in [6.07, 6.45) is 3.77. The van der Waals surface area contributed by atoms with Gasteiger partial charge in [0.2, 0.25) is 5.88 Å². The molecule has 0 fully saturated rings. The fourth-order valence-corrected chi connectivity index (χ4v) is 1.24. The van der Waals surface area contributed by atoms with Crippen molar-refractivity contribution < 1.29 is 9.47 Å². The Morgan fingerprint density at radius 3 is 3.00 bits per heavy atom. The molecule has 4 heteroatoms. The van der Waals surface area contributed by atoms with E-state index in [1.54, 1.807) is 25.1 Å². The Labute approximate surface area is 82.5 Å². The number of methoxy groups -OCH3 is 1. The van der Waals surface area contributed by atoms with Gasteiger partial charge in [-0.3, -0.25) is 0 Å². The third-order valence-electron chi connectivity index (χ3n) is 1.48. The molecule has 72 valence electrons. The van der Waals surface area contributed by atoms with Crippen LogP contribution in [0, 0.1) is 0 Å². The van der Waals surface area contributed by atoms with Crippen molar-refractivity contribution in [2.45, 2.75) is 4.90 Å². The van der Waals surface area contributed by atoms with E-state index in [1.165, 1.54) is 0 Å². The lowest BCUT2D eigenvalue weighted by Gasteiger charge is -2.04. The summed E-state index contributed by atoms with van der Waals surface area (Å²) >= 11 is 1.67. The molecule has 1 aromatic heterocycles. The summed E-state index contributed by atoms with van der Waals surface area (Å²) in [6.45, 7) is 1.13. The second-order valence-electron chi connectivity index (χ2n) is 2.38. The van der Waals surface area contributed by atoms with Gasteiger partial charge in [0, 0.05) is 24.3 Å². The van der Waals surface area contributed by atoms with Gasteiger partial charge in [-0.25, -0.2) is 4.98 Å². The monoisotopic (exact) mass is 199 g/mol. The average molecular weight is 199 g/mol. The second-order valence-corrected chi connectivity index (χ2v) is 3.25. The zero-order valence-corrected chi connectivity index (χ0v) is 8.63. The van der Waals surface area contributed by atoms with E-state index < -0.39 is 0 Å². The summed E-state index contributed by atoms with van der Waals surface area (Å²) in [4.78, 5) is 5.22. The molecule has 0 aromatic carbocycles. The molecule has 1 rings (SSSR count). The number of pyridine rings is 1. The maximum atomic E-state index is 5.34. The Kier molecular flexibility index (Phi) is 4.64. The molecule has 0 spiro atoms. The first-order valence-electron chi connectivity index (χ1n) is 3.98. The first-order valence-corrected chi connectivity index (χ1v) is 5.21. The van der Waals surface area contributed by atoms with E-state index in [1.807, 2.05) is 18.4 Å². The van der Waals surface area contributed by atoms with Crippen LogP contribution < -0.4 is 4.74 Å². The van der Waals surface area contributed by atoms with Crippen LogP contribution >= 0.6 is 11.8 Å². The van der Waals surface area contributed by atoms with Crippen molar-refractivity contribution in [2.24, 2.45) is 0 Å². The summed E-state index contributed by atoms with van der Waals surface area (Å²) in [5.41, 5.74) is 0. The van der Waals surface area contributed by atoms with Crippen LogP contribution in [0.4, 0.5) is 0 Å². The molecule has 0 aliphatic heterocycles. The standard InChI is InChI=1S/C9H13NO2S/c1-11-5-6-12-9-7-8(13-2)3-4-10-9/h3-4,7H,5-6H2,1-2H3. The third-order valence-corrected chi connectivity index (χ3v) is 2.20. The number of hydrogen-bond acceptors (Lipinski definition) is 4. The number of ether oxygens (including phenoxy) is 2. The fraction of sp³-hybridized carbons (Fsp3) is 0.444. The summed E-state index contributed by atoms with van der Waals surface area (Å²) < 4.78 is 10.2. The van der Waals surface area contributed by atoms with Crippen LogP contribution in [0.5, 0.6) is 5.88 Å². The van der Waals surface area contributed by atoms with E-state index in [2.05, 4.69) is 4.98 Å². The van der Waals surface area contributed by atoms with Crippen molar-refractivity contribution in [2.75, 3.05) is 26.6 Å². The minimum absolute atomic E-state index is 0.543. The molecule has 13 heavy (non-hydrogen) atoms. The molecule has 0 radical (unpaired) electrons. The Bertz CT molecular complexity index is 255. The van der Waals surface area contributed by atoms with Gasteiger partial charge >= 0.3 is 0 Å². The zero-order valence-electron chi connectivity index (χ0n) is 7.82. The Morgan fingerprint density at radius 1 is 1.46 bits per heavy atom. The Morgan fingerprint density at radius 2 is 2.31 bits per heavy atom. The quantitative estimate of drug-likeness (QED) is 0.535.